The molecule has 0 aromatic heterocycles. The van der Waals surface area contributed by atoms with Crippen molar-refractivity contribution in [3.8, 4) is 5.75 Å². The highest BCUT2D eigenvalue weighted by Gasteiger charge is 2.43. The van der Waals surface area contributed by atoms with Gasteiger partial charge in [-0.25, -0.2) is 0 Å². The molecule has 0 bridgehead atoms. The second-order valence-electron chi connectivity index (χ2n) is 4.55. The highest BCUT2D eigenvalue weighted by molar-refractivity contribution is 5.36. The van der Waals surface area contributed by atoms with Crippen LogP contribution in [0.1, 0.15) is 6.92 Å². The lowest BCUT2D eigenvalue weighted by Crippen LogP contribution is -2.58. The Kier molecular flexibility index (Phi) is 4.19. The van der Waals surface area contributed by atoms with E-state index in [0.29, 0.717) is 0 Å². The van der Waals surface area contributed by atoms with Crippen molar-refractivity contribution in [2.45, 2.75) is 37.6 Å². The van der Waals surface area contributed by atoms with Crippen molar-refractivity contribution < 1.29 is 29.7 Å². The first-order chi connectivity index (χ1) is 9.40. The van der Waals surface area contributed by atoms with Crippen LogP contribution in [0.4, 0.5) is 5.69 Å². The molecule has 0 spiro atoms. The molecule has 1 aromatic rings. The van der Waals surface area contributed by atoms with Crippen LogP contribution >= 0.6 is 0 Å². The molecule has 20 heavy (non-hydrogen) atoms. The van der Waals surface area contributed by atoms with E-state index in [1.807, 2.05) is 0 Å². The minimum atomic E-state index is -1.42. The largest absolute Gasteiger partial charge is 0.462 e. The van der Waals surface area contributed by atoms with Crippen molar-refractivity contribution in [1.29, 1.82) is 0 Å². The van der Waals surface area contributed by atoms with Crippen LogP contribution in [0.15, 0.2) is 24.3 Å². The minimum absolute atomic E-state index is 0.0914. The number of nitrogens with zero attached hydrogens (tertiary/aromatic N) is 1. The Balaban J connectivity index is 2.07. The summed E-state index contributed by atoms with van der Waals surface area (Å²) in [5.41, 5.74) is -0.0914. The Labute approximate surface area is 114 Å². The Morgan fingerprint density at radius 1 is 1.15 bits per heavy atom. The highest BCUT2D eigenvalue weighted by atomic mass is 16.7. The summed E-state index contributed by atoms with van der Waals surface area (Å²) in [6.07, 6.45) is -5.89. The molecule has 1 fully saturated rings. The molecular weight excluding hydrogens is 270 g/mol. The van der Waals surface area contributed by atoms with Crippen LogP contribution in [0.5, 0.6) is 5.75 Å². The van der Waals surface area contributed by atoms with Crippen LogP contribution in [-0.2, 0) is 4.74 Å². The fraction of sp³-hybridized carbons (Fsp3) is 0.500. The average Bonchev–Trinajstić information content (AvgIpc) is 2.43. The molecule has 0 radical (unpaired) electrons. The first-order valence-corrected chi connectivity index (χ1v) is 6.01. The Morgan fingerprint density at radius 2 is 1.75 bits per heavy atom. The molecule has 1 saturated heterocycles. The molecule has 0 amide bonds. The SMILES string of the molecule is C[C@@H]1O[C@H](Oc2ccc([N+](=O)[O-])cc2)[C@@H](O)[C@@H](O)[C@@H]1O. The lowest BCUT2D eigenvalue weighted by Gasteiger charge is -2.38. The van der Waals surface area contributed by atoms with E-state index in [1.165, 1.54) is 31.2 Å². The molecule has 0 aliphatic carbocycles. The number of rotatable bonds is 3. The summed E-state index contributed by atoms with van der Waals surface area (Å²) >= 11 is 0. The molecule has 3 N–H and O–H groups in total. The van der Waals surface area contributed by atoms with Gasteiger partial charge in [0.15, 0.2) is 0 Å². The van der Waals surface area contributed by atoms with Gasteiger partial charge in [0.2, 0.25) is 6.29 Å². The number of hydrogen-bond acceptors (Lipinski definition) is 7. The van der Waals surface area contributed by atoms with E-state index in [2.05, 4.69) is 0 Å². The van der Waals surface area contributed by atoms with Gasteiger partial charge in [-0.1, -0.05) is 0 Å². The first-order valence-electron chi connectivity index (χ1n) is 6.01. The maximum absolute atomic E-state index is 10.5. The molecule has 110 valence electrons. The van der Waals surface area contributed by atoms with Crippen molar-refractivity contribution >= 4 is 5.69 Å². The molecule has 8 heteroatoms. The van der Waals surface area contributed by atoms with Gasteiger partial charge in [-0.3, -0.25) is 10.1 Å². The van der Waals surface area contributed by atoms with Gasteiger partial charge in [0.25, 0.3) is 5.69 Å². The summed E-state index contributed by atoms with van der Waals surface area (Å²) in [7, 11) is 0. The fourth-order valence-electron chi connectivity index (χ4n) is 1.89. The molecular formula is C12H15NO7. The molecule has 2 rings (SSSR count). The van der Waals surface area contributed by atoms with E-state index in [9.17, 15) is 25.4 Å². The summed E-state index contributed by atoms with van der Waals surface area (Å²) in [6, 6.07) is 5.21. The van der Waals surface area contributed by atoms with Crippen LogP contribution in [0.2, 0.25) is 0 Å². The summed E-state index contributed by atoms with van der Waals surface area (Å²) in [4.78, 5) is 9.97. The minimum Gasteiger partial charge on any atom is -0.462 e. The van der Waals surface area contributed by atoms with Gasteiger partial charge in [-0.2, -0.15) is 0 Å². The number of ether oxygens (including phenoxy) is 2. The summed E-state index contributed by atoms with van der Waals surface area (Å²) < 4.78 is 10.6. The quantitative estimate of drug-likeness (QED) is 0.519. The second kappa shape index (κ2) is 5.71. The number of non-ortho nitro benzene ring substituents is 1. The lowest BCUT2D eigenvalue weighted by molar-refractivity contribution is -0.384. The van der Waals surface area contributed by atoms with Crippen molar-refractivity contribution in [2.24, 2.45) is 0 Å². The number of nitro groups is 1. The summed E-state index contributed by atoms with van der Waals surface area (Å²) in [5, 5.41) is 39.4. The van der Waals surface area contributed by atoms with Crippen LogP contribution in [0.25, 0.3) is 0 Å². The number of aliphatic hydroxyl groups is 3. The van der Waals surface area contributed by atoms with Crippen molar-refractivity contribution in [3.63, 3.8) is 0 Å². The number of nitro benzene ring substituents is 1. The first kappa shape index (κ1) is 14.7. The molecule has 1 heterocycles. The van der Waals surface area contributed by atoms with Crippen molar-refractivity contribution in [2.75, 3.05) is 0 Å². The van der Waals surface area contributed by atoms with Gasteiger partial charge in [-0.05, 0) is 19.1 Å². The standard InChI is InChI=1S/C12H15NO7/c1-6-9(14)10(15)11(16)12(19-6)20-8-4-2-7(3-5-8)13(17)18/h2-6,9-12,14-16H,1H3/t6-,9+,10-,11-,12+/m0/s1. The summed E-state index contributed by atoms with van der Waals surface area (Å²) in [6.45, 7) is 1.53. The van der Waals surface area contributed by atoms with E-state index in [0.717, 1.165) is 0 Å². The van der Waals surface area contributed by atoms with Gasteiger partial charge >= 0.3 is 0 Å². The maximum atomic E-state index is 10.5. The maximum Gasteiger partial charge on any atom is 0.269 e. The van der Waals surface area contributed by atoms with Crippen molar-refractivity contribution in [1.82, 2.24) is 0 Å². The molecule has 5 atom stereocenters. The zero-order valence-corrected chi connectivity index (χ0v) is 10.6. The third-order valence-corrected chi connectivity index (χ3v) is 3.11. The highest BCUT2D eigenvalue weighted by Crippen LogP contribution is 2.25. The zero-order chi connectivity index (χ0) is 14.9. The lowest BCUT2D eigenvalue weighted by atomic mass is 10.00. The molecule has 1 aliphatic rings. The van der Waals surface area contributed by atoms with E-state index in [-0.39, 0.29) is 11.4 Å². The van der Waals surface area contributed by atoms with Gasteiger partial charge in [0.1, 0.15) is 24.1 Å². The molecule has 8 nitrogen and oxygen atoms in total. The number of aliphatic hydroxyl groups excluding tert-OH is 3. The third kappa shape index (κ3) is 2.88. The average molecular weight is 285 g/mol. The predicted molar refractivity (Wildman–Crippen MR) is 66.1 cm³/mol. The van der Waals surface area contributed by atoms with Gasteiger partial charge in [-0.15, -0.1) is 0 Å². The second-order valence-corrected chi connectivity index (χ2v) is 4.55. The summed E-state index contributed by atoms with van der Waals surface area (Å²) in [5.74, 6) is 0.246. The monoisotopic (exact) mass is 285 g/mol. The van der Waals surface area contributed by atoms with E-state index in [4.69, 9.17) is 9.47 Å². The Morgan fingerprint density at radius 3 is 2.30 bits per heavy atom. The van der Waals surface area contributed by atoms with E-state index >= 15 is 0 Å². The molecule has 1 aromatic carbocycles. The topological polar surface area (TPSA) is 122 Å². The van der Waals surface area contributed by atoms with E-state index < -0.39 is 35.6 Å². The fourth-order valence-corrected chi connectivity index (χ4v) is 1.89. The van der Waals surface area contributed by atoms with Gasteiger partial charge < -0.3 is 24.8 Å². The Bertz CT molecular complexity index is 477. The van der Waals surface area contributed by atoms with E-state index in [1.54, 1.807) is 0 Å². The Hall–Kier alpha value is -1.74. The van der Waals surface area contributed by atoms with Gasteiger partial charge in [0.05, 0.1) is 11.0 Å². The zero-order valence-electron chi connectivity index (χ0n) is 10.6. The van der Waals surface area contributed by atoms with Crippen molar-refractivity contribution in [3.05, 3.63) is 34.4 Å². The van der Waals surface area contributed by atoms with Gasteiger partial charge in [0, 0.05) is 12.1 Å². The van der Waals surface area contributed by atoms with Crippen LogP contribution in [0, 0.1) is 10.1 Å². The predicted octanol–water partition coefficient (Wildman–Crippen LogP) is -0.199. The number of benzene rings is 1. The smallest absolute Gasteiger partial charge is 0.269 e. The molecule has 1 aliphatic heterocycles. The normalized spacial score (nSPS) is 33.7. The third-order valence-electron chi connectivity index (χ3n) is 3.11. The molecule has 0 unspecified atom stereocenters. The van der Waals surface area contributed by atoms with Crippen LogP contribution in [0.3, 0.4) is 0 Å². The van der Waals surface area contributed by atoms with Crippen LogP contribution in [-0.4, -0.2) is 50.9 Å². The number of hydrogen-bond donors (Lipinski definition) is 3. The van der Waals surface area contributed by atoms with Crippen LogP contribution < -0.4 is 4.74 Å². The molecule has 0 saturated carbocycles.